The first-order chi connectivity index (χ1) is 16.5. The van der Waals surface area contributed by atoms with Crippen LogP contribution in [-0.4, -0.2) is 11.1 Å². The van der Waals surface area contributed by atoms with Gasteiger partial charge < -0.3 is 4.42 Å². The lowest BCUT2D eigenvalue weighted by Crippen LogP contribution is -2.29. The lowest BCUT2D eigenvalue weighted by molar-refractivity contribution is -0.113. The monoisotopic (exact) mass is 484 g/mol. The summed E-state index contributed by atoms with van der Waals surface area (Å²) in [5.41, 5.74) is 4.57. The van der Waals surface area contributed by atoms with E-state index in [-0.39, 0.29) is 5.91 Å². The van der Waals surface area contributed by atoms with E-state index in [0.717, 1.165) is 28.1 Å². The van der Waals surface area contributed by atoms with Gasteiger partial charge in [-0.2, -0.15) is 0 Å². The van der Waals surface area contributed by atoms with Gasteiger partial charge >= 0.3 is 0 Å². The van der Waals surface area contributed by atoms with E-state index in [4.69, 9.17) is 21.0 Å². The van der Waals surface area contributed by atoms with Gasteiger partial charge in [0, 0.05) is 16.7 Å². The van der Waals surface area contributed by atoms with Crippen molar-refractivity contribution in [3.8, 4) is 11.3 Å². The lowest BCUT2D eigenvalue weighted by Gasteiger charge is -2.18. The molecule has 4 nitrogen and oxygen atoms in total. The number of furan rings is 1. The van der Waals surface area contributed by atoms with E-state index in [1.165, 1.54) is 11.8 Å². The van der Waals surface area contributed by atoms with Crippen molar-refractivity contribution in [2.75, 3.05) is 4.90 Å². The van der Waals surface area contributed by atoms with E-state index in [1.54, 1.807) is 11.0 Å². The molecule has 1 aromatic heterocycles. The Morgan fingerprint density at radius 3 is 2.44 bits per heavy atom. The van der Waals surface area contributed by atoms with Crippen LogP contribution in [0.15, 0.2) is 99.2 Å². The molecule has 0 N–H and O–H groups in total. The van der Waals surface area contributed by atoms with Crippen molar-refractivity contribution in [2.45, 2.75) is 13.8 Å². The third-order valence-corrected chi connectivity index (χ3v) is 6.71. The van der Waals surface area contributed by atoms with Crippen LogP contribution in [0.25, 0.3) is 17.4 Å². The van der Waals surface area contributed by atoms with Crippen molar-refractivity contribution in [2.24, 2.45) is 4.99 Å². The fraction of sp³-hybridized carbons (Fsp3) is 0.0714. The van der Waals surface area contributed by atoms with Crippen molar-refractivity contribution in [3.05, 3.63) is 112 Å². The molecule has 1 aliphatic rings. The van der Waals surface area contributed by atoms with E-state index in [1.807, 2.05) is 98.8 Å². The number of rotatable bonds is 4. The van der Waals surface area contributed by atoms with Crippen molar-refractivity contribution < 1.29 is 9.21 Å². The number of para-hydroxylation sites is 2. The molecule has 0 saturated carbocycles. The molecular weight excluding hydrogens is 464 g/mol. The summed E-state index contributed by atoms with van der Waals surface area (Å²) in [6.07, 6.45) is 1.77. The van der Waals surface area contributed by atoms with Crippen molar-refractivity contribution in [3.63, 3.8) is 0 Å². The number of amidine groups is 1. The van der Waals surface area contributed by atoms with Crippen molar-refractivity contribution in [1.82, 2.24) is 0 Å². The molecule has 6 heteroatoms. The Bertz CT molecular complexity index is 1450. The fourth-order valence-electron chi connectivity index (χ4n) is 3.72. The number of carbonyl (C=O) groups is 1. The summed E-state index contributed by atoms with van der Waals surface area (Å²) in [6.45, 7) is 4.00. The van der Waals surface area contributed by atoms with Crippen LogP contribution in [0.2, 0.25) is 5.02 Å². The van der Waals surface area contributed by atoms with Gasteiger partial charge in [0.15, 0.2) is 5.17 Å². The third kappa shape index (κ3) is 4.45. The predicted molar refractivity (Wildman–Crippen MR) is 142 cm³/mol. The summed E-state index contributed by atoms with van der Waals surface area (Å²) in [5, 5.41) is 1.25. The number of aliphatic imine (C=N–C) groups is 1. The van der Waals surface area contributed by atoms with Crippen LogP contribution < -0.4 is 4.90 Å². The molecule has 0 aliphatic carbocycles. The Morgan fingerprint density at radius 2 is 1.68 bits per heavy atom. The summed E-state index contributed by atoms with van der Waals surface area (Å²) in [7, 11) is 0. The molecule has 0 radical (unpaired) electrons. The number of aryl methyl sites for hydroxylation is 2. The predicted octanol–water partition coefficient (Wildman–Crippen LogP) is 8.03. The minimum absolute atomic E-state index is 0.132. The second-order valence-corrected chi connectivity index (χ2v) is 9.38. The molecule has 5 rings (SSSR count). The molecule has 1 fully saturated rings. The molecule has 0 bridgehead atoms. The Kier molecular flexibility index (Phi) is 6.14. The highest BCUT2D eigenvalue weighted by molar-refractivity contribution is 8.19. The molecule has 0 spiro atoms. The Labute approximate surface area is 207 Å². The first-order valence-electron chi connectivity index (χ1n) is 10.8. The highest BCUT2D eigenvalue weighted by Gasteiger charge is 2.35. The number of hydrogen-bond acceptors (Lipinski definition) is 4. The smallest absolute Gasteiger partial charge is 0.271 e. The SMILES string of the molecule is Cc1ccccc1N=C1S/C(=C/c2ccc(-c3cccc(Cl)c3)o2)C(=O)N1c1ccccc1C. The Morgan fingerprint density at radius 1 is 0.912 bits per heavy atom. The summed E-state index contributed by atoms with van der Waals surface area (Å²) < 4.78 is 6.01. The first kappa shape index (κ1) is 22.3. The fourth-order valence-corrected chi connectivity index (χ4v) is 4.88. The van der Waals surface area contributed by atoms with Gasteiger partial charge in [0.2, 0.25) is 0 Å². The summed E-state index contributed by atoms with van der Waals surface area (Å²) >= 11 is 7.46. The molecule has 168 valence electrons. The highest BCUT2D eigenvalue weighted by atomic mass is 35.5. The van der Waals surface area contributed by atoms with Crippen LogP contribution in [0.5, 0.6) is 0 Å². The molecule has 4 aromatic rings. The molecule has 0 atom stereocenters. The Balaban J connectivity index is 1.54. The molecule has 1 amide bonds. The number of halogens is 1. The quantitative estimate of drug-likeness (QED) is 0.275. The van der Waals surface area contributed by atoms with Crippen molar-refractivity contribution >= 4 is 51.9 Å². The second-order valence-electron chi connectivity index (χ2n) is 7.93. The zero-order valence-corrected chi connectivity index (χ0v) is 20.2. The van der Waals surface area contributed by atoms with E-state index >= 15 is 0 Å². The first-order valence-corrected chi connectivity index (χ1v) is 12.0. The van der Waals surface area contributed by atoms with Gasteiger partial charge in [0.1, 0.15) is 11.5 Å². The zero-order valence-electron chi connectivity index (χ0n) is 18.7. The average Bonchev–Trinajstić information content (AvgIpc) is 3.41. The van der Waals surface area contributed by atoms with Gasteiger partial charge in [-0.25, -0.2) is 4.99 Å². The van der Waals surface area contributed by atoms with Crippen molar-refractivity contribution in [1.29, 1.82) is 0 Å². The number of thioether (sulfide) groups is 1. The lowest BCUT2D eigenvalue weighted by atomic mass is 10.2. The van der Waals surface area contributed by atoms with Gasteiger partial charge in [-0.05, 0) is 73.1 Å². The van der Waals surface area contributed by atoms with Crippen LogP contribution in [-0.2, 0) is 4.79 Å². The topological polar surface area (TPSA) is 45.8 Å². The molecular formula is C28H21ClN2O2S. The molecule has 1 aliphatic heterocycles. The number of nitrogens with zero attached hydrogens (tertiary/aromatic N) is 2. The summed E-state index contributed by atoms with van der Waals surface area (Å²) in [4.78, 5) is 20.7. The van der Waals surface area contributed by atoms with E-state index < -0.39 is 0 Å². The van der Waals surface area contributed by atoms with Gasteiger partial charge in [-0.1, -0.05) is 60.1 Å². The maximum Gasteiger partial charge on any atom is 0.271 e. The number of carbonyl (C=O) groups excluding carboxylic acids is 1. The normalized spacial score (nSPS) is 16.1. The van der Waals surface area contributed by atoms with Crippen LogP contribution >= 0.6 is 23.4 Å². The van der Waals surface area contributed by atoms with Gasteiger partial charge in [-0.3, -0.25) is 9.69 Å². The third-order valence-electron chi connectivity index (χ3n) is 5.50. The van der Waals surface area contributed by atoms with E-state index in [9.17, 15) is 4.79 Å². The second kappa shape index (κ2) is 9.37. The number of hydrogen-bond donors (Lipinski definition) is 0. The minimum atomic E-state index is -0.132. The zero-order chi connectivity index (χ0) is 23.7. The minimum Gasteiger partial charge on any atom is -0.457 e. The average molecular weight is 485 g/mol. The highest BCUT2D eigenvalue weighted by Crippen LogP contribution is 2.39. The standard InChI is InChI=1S/C28H21ClN2O2S/c1-18-8-3-5-12-23(18)30-28-31(24-13-6-4-9-19(24)2)27(32)26(34-28)17-22-14-15-25(33-22)20-10-7-11-21(29)16-20/h3-17H,1-2H3/b26-17+,30-28?. The molecule has 34 heavy (non-hydrogen) atoms. The number of amides is 1. The summed E-state index contributed by atoms with van der Waals surface area (Å²) in [5.74, 6) is 1.15. The maximum absolute atomic E-state index is 13.6. The molecule has 1 saturated heterocycles. The van der Waals surface area contributed by atoms with Crippen LogP contribution in [0.1, 0.15) is 16.9 Å². The van der Waals surface area contributed by atoms with E-state index in [0.29, 0.717) is 26.6 Å². The summed E-state index contributed by atoms with van der Waals surface area (Å²) in [6, 6.07) is 26.9. The molecule has 3 aromatic carbocycles. The number of anilines is 1. The largest absolute Gasteiger partial charge is 0.457 e. The van der Waals surface area contributed by atoms with Crippen LogP contribution in [0.4, 0.5) is 11.4 Å². The van der Waals surface area contributed by atoms with Gasteiger partial charge in [0.05, 0.1) is 16.3 Å². The Hall–Kier alpha value is -3.54. The van der Waals surface area contributed by atoms with Crippen LogP contribution in [0, 0.1) is 13.8 Å². The van der Waals surface area contributed by atoms with E-state index in [2.05, 4.69) is 0 Å². The van der Waals surface area contributed by atoms with Gasteiger partial charge in [0.25, 0.3) is 5.91 Å². The van der Waals surface area contributed by atoms with Gasteiger partial charge in [-0.15, -0.1) is 0 Å². The molecule has 2 heterocycles. The van der Waals surface area contributed by atoms with Crippen LogP contribution in [0.3, 0.4) is 0 Å². The number of benzene rings is 3. The molecule has 0 unspecified atom stereocenters. The maximum atomic E-state index is 13.6.